The predicted octanol–water partition coefficient (Wildman–Crippen LogP) is 1.34. The van der Waals surface area contributed by atoms with Crippen LogP contribution in [0.3, 0.4) is 0 Å². The first-order chi connectivity index (χ1) is 4.86. The fourth-order valence-electron chi connectivity index (χ4n) is 0.743. The van der Waals surface area contributed by atoms with E-state index in [2.05, 4.69) is 14.9 Å². The molecule has 0 N–H and O–H groups in total. The molecule has 0 radical (unpaired) electrons. The molecule has 2 heterocycles. The summed E-state index contributed by atoms with van der Waals surface area (Å²) in [5, 5.41) is 0.334. The summed E-state index contributed by atoms with van der Waals surface area (Å²) in [6.07, 6.45) is 1.80. The van der Waals surface area contributed by atoms with Gasteiger partial charge in [0.25, 0.3) is 0 Å². The van der Waals surface area contributed by atoms with Gasteiger partial charge in [0.15, 0.2) is 0 Å². The van der Waals surface area contributed by atoms with E-state index in [1.54, 1.807) is 6.20 Å². The quantitative estimate of drug-likeness (QED) is 0.492. The Balaban J connectivity index is 2.86. The SMILES string of the molecule is Clc1ncc2[se]ccc2n1. The van der Waals surface area contributed by atoms with Crippen molar-refractivity contribution in [1.29, 1.82) is 0 Å². The zero-order valence-electron chi connectivity index (χ0n) is 4.91. The molecular formula is C6H3ClN2Se. The monoisotopic (exact) mass is 218 g/mol. The second-order valence-electron chi connectivity index (χ2n) is 1.81. The van der Waals surface area contributed by atoms with E-state index in [9.17, 15) is 0 Å². The van der Waals surface area contributed by atoms with Gasteiger partial charge in [-0.25, -0.2) is 0 Å². The molecule has 0 aliphatic heterocycles. The molecule has 2 nitrogen and oxygen atoms in total. The van der Waals surface area contributed by atoms with Crippen molar-refractivity contribution in [1.82, 2.24) is 9.97 Å². The third-order valence-electron chi connectivity index (χ3n) is 1.17. The molecule has 2 aromatic rings. The topological polar surface area (TPSA) is 25.8 Å². The first-order valence-electron chi connectivity index (χ1n) is 2.72. The van der Waals surface area contributed by atoms with Crippen LogP contribution in [0.15, 0.2) is 17.2 Å². The van der Waals surface area contributed by atoms with Gasteiger partial charge in [-0.05, 0) is 0 Å². The third-order valence-corrected chi connectivity index (χ3v) is 3.12. The van der Waals surface area contributed by atoms with Gasteiger partial charge in [-0.3, -0.25) is 0 Å². The zero-order valence-corrected chi connectivity index (χ0v) is 7.38. The number of halogens is 1. The Hall–Kier alpha value is -0.371. The second-order valence-corrected chi connectivity index (χ2v) is 4.14. The number of fused-ring (bicyclic) bond motifs is 1. The van der Waals surface area contributed by atoms with E-state index in [0.717, 1.165) is 5.52 Å². The van der Waals surface area contributed by atoms with Crippen molar-refractivity contribution in [3.8, 4) is 0 Å². The van der Waals surface area contributed by atoms with Crippen LogP contribution in [0.25, 0.3) is 9.78 Å². The average Bonchev–Trinajstić information content (AvgIpc) is 2.33. The fourth-order valence-corrected chi connectivity index (χ4v) is 2.33. The molecular weight excluding hydrogens is 214 g/mol. The van der Waals surface area contributed by atoms with Crippen LogP contribution in [0.2, 0.25) is 5.28 Å². The van der Waals surface area contributed by atoms with E-state index in [1.807, 2.05) is 6.07 Å². The number of rotatable bonds is 0. The molecule has 0 aliphatic rings. The maximum atomic E-state index is 5.57. The van der Waals surface area contributed by atoms with Gasteiger partial charge in [-0.15, -0.1) is 0 Å². The fraction of sp³-hybridized carbons (Fsp3) is 0. The van der Waals surface area contributed by atoms with Gasteiger partial charge in [0.05, 0.1) is 0 Å². The Bertz CT molecular complexity index is 357. The van der Waals surface area contributed by atoms with Crippen LogP contribution < -0.4 is 0 Å². The first kappa shape index (κ1) is 6.35. The molecule has 2 aromatic heterocycles. The third kappa shape index (κ3) is 0.966. The summed E-state index contributed by atoms with van der Waals surface area (Å²) in [7, 11) is 0. The molecule has 0 atom stereocenters. The summed E-state index contributed by atoms with van der Waals surface area (Å²) in [6.45, 7) is 0. The van der Waals surface area contributed by atoms with Crippen LogP contribution >= 0.6 is 11.6 Å². The van der Waals surface area contributed by atoms with Crippen molar-refractivity contribution in [2.24, 2.45) is 0 Å². The van der Waals surface area contributed by atoms with Crippen LogP contribution in [0, 0.1) is 0 Å². The van der Waals surface area contributed by atoms with Crippen LogP contribution in [-0.2, 0) is 0 Å². The molecule has 0 saturated heterocycles. The molecule has 2 rings (SSSR count). The van der Waals surface area contributed by atoms with Gasteiger partial charge in [-0.2, -0.15) is 0 Å². The maximum absolute atomic E-state index is 5.57. The molecule has 0 aromatic carbocycles. The minimum atomic E-state index is 0.334. The van der Waals surface area contributed by atoms with E-state index in [4.69, 9.17) is 11.6 Å². The summed E-state index contributed by atoms with van der Waals surface area (Å²) in [5.41, 5.74) is 0.986. The van der Waals surface area contributed by atoms with E-state index < -0.39 is 0 Å². The predicted molar refractivity (Wildman–Crippen MR) is 41.5 cm³/mol. The number of hydrogen-bond acceptors (Lipinski definition) is 2. The second kappa shape index (κ2) is 2.35. The normalized spacial score (nSPS) is 10.5. The molecule has 0 saturated carbocycles. The summed E-state index contributed by atoms with van der Waals surface area (Å²) < 4.78 is 1.22. The molecule has 0 fully saturated rings. The molecule has 50 valence electrons. The van der Waals surface area contributed by atoms with Crippen molar-refractivity contribution in [3.63, 3.8) is 0 Å². The van der Waals surface area contributed by atoms with Crippen LogP contribution in [0.1, 0.15) is 0 Å². The average molecular weight is 218 g/mol. The van der Waals surface area contributed by atoms with Crippen molar-refractivity contribution < 1.29 is 0 Å². The summed E-state index contributed by atoms with van der Waals surface area (Å²) in [4.78, 5) is 10.0. The molecule has 0 bridgehead atoms. The van der Waals surface area contributed by atoms with Crippen molar-refractivity contribution >= 4 is 35.9 Å². The van der Waals surface area contributed by atoms with Crippen LogP contribution in [-0.4, -0.2) is 24.5 Å². The molecule has 0 unspecified atom stereocenters. The van der Waals surface area contributed by atoms with Crippen LogP contribution in [0.4, 0.5) is 0 Å². The summed E-state index contributed by atoms with van der Waals surface area (Å²) in [5.74, 6) is 0. The van der Waals surface area contributed by atoms with Gasteiger partial charge >= 0.3 is 68.3 Å². The van der Waals surface area contributed by atoms with Gasteiger partial charge in [0, 0.05) is 0 Å². The van der Waals surface area contributed by atoms with Crippen molar-refractivity contribution in [2.75, 3.05) is 0 Å². The Morgan fingerprint density at radius 1 is 1.50 bits per heavy atom. The first-order valence-corrected chi connectivity index (χ1v) is 4.94. The number of aromatic nitrogens is 2. The Morgan fingerprint density at radius 3 is 3.30 bits per heavy atom. The van der Waals surface area contributed by atoms with E-state index >= 15 is 0 Å². The Morgan fingerprint density at radius 2 is 2.40 bits per heavy atom. The zero-order chi connectivity index (χ0) is 6.97. The van der Waals surface area contributed by atoms with Gasteiger partial charge in [-0.1, -0.05) is 0 Å². The molecule has 10 heavy (non-hydrogen) atoms. The van der Waals surface area contributed by atoms with E-state index in [0.29, 0.717) is 19.8 Å². The van der Waals surface area contributed by atoms with Crippen molar-refractivity contribution in [3.05, 3.63) is 22.5 Å². The van der Waals surface area contributed by atoms with Gasteiger partial charge in [0.1, 0.15) is 0 Å². The van der Waals surface area contributed by atoms with E-state index in [1.165, 1.54) is 4.26 Å². The standard InChI is InChI=1S/C6H3ClN2Se/c7-6-8-3-5-4(9-6)1-2-10-5/h1-3H. The minimum absolute atomic E-state index is 0.334. The number of hydrogen-bond donors (Lipinski definition) is 0. The Labute approximate surface area is 68.6 Å². The molecule has 0 aliphatic carbocycles. The molecule has 0 spiro atoms. The van der Waals surface area contributed by atoms with Gasteiger partial charge in [0.2, 0.25) is 0 Å². The Kier molecular flexibility index (Phi) is 1.49. The summed E-state index contributed by atoms with van der Waals surface area (Å²) >= 11 is 6.00. The van der Waals surface area contributed by atoms with Crippen molar-refractivity contribution in [2.45, 2.75) is 0 Å². The van der Waals surface area contributed by atoms with Crippen LogP contribution in [0.5, 0.6) is 0 Å². The molecule has 4 heteroatoms. The van der Waals surface area contributed by atoms with Gasteiger partial charge < -0.3 is 0 Å². The molecule has 0 amide bonds. The van der Waals surface area contributed by atoms with E-state index in [-0.39, 0.29) is 0 Å². The number of nitrogens with zero attached hydrogens (tertiary/aromatic N) is 2. The summed E-state index contributed by atoms with van der Waals surface area (Å²) in [6, 6.07) is 1.99.